The molecule has 8 heteroatoms. The van der Waals surface area contributed by atoms with Crippen LogP contribution in [0.3, 0.4) is 0 Å². The van der Waals surface area contributed by atoms with Gasteiger partial charge in [0.1, 0.15) is 0 Å². The zero-order valence-corrected chi connectivity index (χ0v) is 7.96. The van der Waals surface area contributed by atoms with Gasteiger partial charge in [0, 0.05) is 17.4 Å². The minimum absolute atomic E-state index is 0. The van der Waals surface area contributed by atoms with Gasteiger partial charge in [-0.15, -0.1) is 12.4 Å². The van der Waals surface area contributed by atoms with Gasteiger partial charge in [-0.05, 0) is 0 Å². The predicted octanol–water partition coefficient (Wildman–Crippen LogP) is -0.389. The average Bonchev–Trinajstić information content (AvgIpc) is 0.722. The Bertz CT molecular complexity index is 106. The molecule has 0 bridgehead atoms. The number of hydrogen-bond donors (Lipinski definition) is 2. The Balaban J connectivity index is -0.00000000800. The van der Waals surface area contributed by atoms with Gasteiger partial charge in [-0.1, -0.05) is 0 Å². The first kappa shape index (κ1) is 22.7. The number of halogens is 1. The predicted molar refractivity (Wildman–Crippen MR) is 29.4 cm³/mol. The molecule has 0 aliphatic carbocycles. The van der Waals surface area contributed by atoms with Crippen molar-refractivity contribution in [2.24, 2.45) is 0 Å². The second kappa shape index (κ2) is 8.46. The molecule has 0 aliphatic heterocycles. The third kappa shape index (κ3) is 146. The molecular formula is H5ClCrMgO4S. The monoisotopic (exact) mass is 212 g/mol. The summed E-state index contributed by atoms with van der Waals surface area (Å²) in [6.45, 7) is 0. The van der Waals surface area contributed by atoms with E-state index in [9.17, 15) is 0 Å². The maximum atomic E-state index is 8.74. The van der Waals surface area contributed by atoms with Gasteiger partial charge in [0.25, 0.3) is 0 Å². The summed E-state index contributed by atoms with van der Waals surface area (Å²) in [6, 6.07) is 0. The third-order valence-corrected chi connectivity index (χ3v) is 0. The molecule has 0 rings (SSSR count). The molecule has 50 valence electrons. The van der Waals surface area contributed by atoms with Gasteiger partial charge >= 0.3 is 33.5 Å². The minimum atomic E-state index is -4.67. The molecule has 0 spiro atoms. The molecule has 0 heterocycles. The van der Waals surface area contributed by atoms with Crippen LogP contribution in [0.2, 0.25) is 0 Å². The van der Waals surface area contributed by atoms with Gasteiger partial charge in [0.05, 0.1) is 0 Å². The molecule has 0 aromatic rings. The third-order valence-electron chi connectivity index (χ3n) is 0. The molecule has 0 saturated heterocycles. The van der Waals surface area contributed by atoms with E-state index in [1.165, 1.54) is 0 Å². The maximum absolute atomic E-state index is 8.74. The molecule has 0 aliphatic rings. The zero-order chi connectivity index (χ0) is 4.50. The van der Waals surface area contributed by atoms with Crippen LogP contribution in [0.4, 0.5) is 0 Å². The van der Waals surface area contributed by atoms with Crippen LogP contribution in [0, 0.1) is 0 Å². The van der Waals surface area contributed by atoms with E-state index in [4.69, 9.17) is 17.5 Å². The molecule has 0 radical (unpaired) electrons. The Kier molecular flexibility index (Phi) is 24.0. The molecule has 0 unspecified atom stereocenters. The molecule has 8 heavy (non-hydrogen) atoms. The first-order chi connectivity index (χ1) is 2.00. The minimum Gasteiger partial charge on any atom is -1.00 e. The van der Waals surface area contributed by atoms with E-state index in [-0.39, 0.29) is 55.7 Å². The van der Waals surface area contributed by atoms with Crippen molar-refractivity contribution >= 4 is 45.9 Å². The van der Waals surface area contributed by atoms with Crippen LogP contribution >= 0.6 is 12.4 Å². The van der Waals surface area contributed by atoms with Crippen molar-refractivity contribution in [1.29, 1.82) is 0 Å². The summed E-state index contributed by atoms with van der Waals surface area (Å²) in [6.07, 6.45) is 0. The molecule has 0 aromatic carbocycles. The van der Waals surface area contributed by atoms with Gasteiger partial charge in [-0.3, -0.25) is 9.11 Å². The van der Waals surface area contributed by atoms with Crippen molar-refractivity contribution in [2.45, 2.75) is 0 Å². The summed E-state index contributed by atoms with van der Waals surface area (Å²) in [5.74, 6) is 0. The molecular weight excluding hydrogens is 208 g/mol. The van der Waals surface area contributed by atoms with Gasteiger partial charge < -0.3 is 2.85 Å². The fraction of sp³-hybridized carbons (Fsp3) is 0. The Morgan fingerprint density at radius 2 is 1.25 bits per heavy atom. The quantitative estimate of drug-likeness (QED) is 0.424. The zero-order valence-electron chi connectivity index (χ0n) is 5.64. The van der Waals surface area contributed by atoms with Crippen molar-refractivity contribution in [1.82, 2.24) is 0 Å². The van der Waals surface area contributed by atoms with Crippen LogP contribution in [0.25, 0.3) is 0 Å². The summed E-state index contributed by atoms with van der Waals surface area (Å²) in [5, 5.41) is 0. The van der Waals surface area contributed by atoms with Crippen LogP contribution in [0.15, 0.2) is 0 Å². The molecule has 0 fully saturated rings. The van der Waals surface area contributed by atoms with E-state index in [0.717, 1.165) is 0 Å². The summed E-state index contributed by atoms with van der Waals surface area (Å²) >= 11 is 0. The fourth-order valence-electron chi connectivity index (χ4n) is 0. The second-order valence-electron chi connectivity index (χ2n) is 0.448. The van der Waals surface area contributed by atoms with Crippen molar-refractivity contribution in [2.75, 3.05) is 0 Å². The van der Waals surface area contributed by atoms with Crippen LogP contribution < -0.4 is 0 Å². The van der Waals surface area contributed by atoms with E-state index < -0.39 is 10.4 Å². The Labute approximate surface area is 83.3 Å². The molecule has 0 saturated carbocycles. The standard InChI is InChI=1S/ClH.Cr.Mg.H2O4S.2H/c;;;1-5(2,3)4;;/h1H;;;(H2,1,2,3,4);;/q;;+2;;2*-1. The Morgan fingerprint density at radius 3 is 1.25 bits per heavy atom. The van der Waals surface area contributed by atoms with E-state index in [1.54, 1.807) is 0 Å². The van der Waals surface area contributed by atoms with Crippen LogP contribution in [-0.2, 0) is 27.8 Å². The van der Waals surface area contributed by atoms with Crippen molar-refractivity contribution in [3.63, 3.8) is 0 Å². The smallest absolute Gasteiger partial charge is 1.00 e. The van der Waals surface area contributed by atoms with Gasteiger partial charge in [0.2, 0.25) is 0 Å². The summed E-state index contributed by atoms with van der Waals surface area (Å²) in [5.41, 5.74) is 0. The summed E-state index contributed by atoms with van der Waals surface area (Å²) in [7, 11) is -4.67. The van der Waals surface area contributed by atoms with E-state index in [0.29, 0.717) is 0 Å². The van der Waals surface area contributed by atoms with Gasteiger partial charge in [0.15, 0.2) is 0 Å². The van der Waals surface area contributed by atoms with Crippen LogP contribution in [0.1, 0.15) is 2.85 Å². The molecule has 4 nitrogen and oxygen atoms in total. The SMILES string of the molecule is Cl.O=S(=O)(O)O.[Cr].[H-].[H-].[Mg+2]. The first-order valence-electron chi connectivity index (χ1n) is 0.698. The van der Waals surface area contributed by atoms with E-state index in [2.05, 4.69) is 0 Å². The largest absolute Gasteiger partial charge is 2.00 e. The van der Waals surface area contributed by atoms with Crippen LogP contribution in [-0.4, -0.2) is 40.6 Å². The second-order valence-corrected chi connectivity index (χ2v) is 1.34. The fourth-order valence-corrected chi connectivity index (χ4v) is 0. The number of rotatable bonds is 0. The Morgan fingerprint density at radius 1 is 1.25 bits per heavy atom. The van der Waals surface area contributed by atoms with Gasteiger partial charge in [-0.2, -0.15) is 8.42 Å². The molecule has 0 aromatic heterocycles. The van der Waals surface area contributed by atoms with Crippen LogP contribution in [0.5, 0.6) is 0 Å². The molecule has 0 atom stereocenters. The van der Waals surface area contributed by atoms with E-state index >= 15 is 0 Å². The van der Waals surface area contributed by atoms with Crippen molar-refractivity contribution in [3.8, 4) is 0 Å². The van der Waals surface area contributed by atoms with E-state index in [1.807, 2.05) is 0 Å². The van der Waals surface area contributed by atoms with Crippen molar-refractivity contribution < 1.29 is 37.7 Å². The number of hydrogen-bond acceptors (Lipinski definition) is 2. The summed E-state index contributed by atoms with van der Waals surface area (Å²) in [4.78, 5) is 0. The summed E-state index contributed by atoms with van der Waals surface area (Å²) < 4.78 is 31.6. The normalized spacial score (nSPS) is 7.25. The molecule has 2 N–H and O–H groups in total. The average molecular weight is 213 g/mol. The van der Waals surface area contributed by atoms with Crippen molar-refractivity contribution in [3.05, 3.63) is 0 Å². The topological polar surface area (TPSA) is 74.6 Å². The first-order valence-corrected chi connectivity index (χ1v) is 2.10. The van der Waals surface area contributed by atoms with Gasteiger partial charge in [-0.25, -0.2) is 0 Å². The Hall–Kier alpha value is 1.46. The molecule has 0 amide bonds. The maximum Gasteiger partial charge on any atom is 2.00 e.